The first-order valence-corrected chi connectivity index (χ1v) is 9.70. The Balaban J connectivity index is 1.52. The lowest BCUT2D eigenvalue weighted by atomic mass is 10.1. The number of aryl methyl sites for hydroxylation is 1. The predicted octanol–water partition coefficient (Wildman–Crippen LogP) is 2.77. The first kappa shape index (κ1) is 23.3. The van der Waals surface area contributed by atoms with Gasteiger partial charge in [0.15, 0.2) is 0 Å². The summed E-state index contributed by atoms with van der Waals surface area (Å²) in [5, 5.41) is 1.94. The highest BCUT2D eigenvalue weighted by molar-refractivity contribution is 5.91. The number of rotatable bonds is 15. The monoisotopic (exact) mass is 406 g/mol. The minimum absolute atomic E-state index is 0.124. The van der Waals surface area contributed by atoms with E-state index in [0.717, 1.165) is 16.3 Å². The van der Waals surface area contributed by atoms with Crippen LogP contribution in [-0.2, 0) is 28.5 Å². The average Bonchev–Trinajstić information content (AvgIpc) is 2.71. The number of carbonyl (C=O) groups is 1. The Labute approximate surface area is 171 Å². The van der Waals surface area contributed by atoms with Crippen molar-refractivity contribution in [1.82, 2.24) is 0 Å². The number of benzene rings is 2. The Morgan fingerprint density at radius 1 is 0.793 bits per heavy atom. The van der Waals surface area contributed by atoms with E-state index in [1.54, 1.807) is 7.11 Å². The largest absolute Gasteiger partial charge is 0.424 e. The first-order valence-electron chi connectivity index (χ1n) is 9.70. The molecule has 0 heterocycles. The van der Waals surface area contributed by atoms with Crippen LogP contribution >= 0.6 is 0 Å². The summed E-state index contributed by atoms with van der Waals surface area (Å²) in [6.45, 7) is 5.68. The third-order valence-electron chi connectivity index (χ3n) is 3.96. The fourth-order valence-corrected chi connectivity index (χ4v) is 2.61. The van der Waals surface area contributed by atoms with Gasteiger partial charge < -0.3 is 28.4 Å². The molecule has 0 amide bonds. The normalized spacial score (nSPS) is 11.1. The molecule has 0 radical (unpaired) electrons. The third kappa shape index (κ3) is 9.34. The van der Waals surface area contributed by atoms with Crippen LogP contribution in [0.2, 0.25) is 0 Å². The van der Waals surface area contributed by atoms with Crippen molar-refractivity contribution in [1.29, 1.82) is 0 Å². The molecule has 7 heteroatoms. The van der Waals surface area contributed by atoms with E-state index in [0.29, 0.717) is 58.6 Å². The Morgan fingerprint density at radius 2 is 1.38 bits per heavy atom. The molecule has 0 unspecified atom stereocenters. The van der Waals surface area contributed by atoms with E-state index in [2.05, 4.69) is 6.07 Å². The molecule has 0 saturated carbocycles. The molecule has 160 valence electrons. The molecular weight excluding hydrogens is 376 g/mol. The number of hydrogen-bond acceptors (Lipinski definition) is 7. The second kappa shape index (κ2) is 14.0. The molecule has 2 aromatic rings. The molecule has 2 aromatic carbocycles. The van der Waals surface area contributed by atoms with Crippen LogP contribution in [0.25, 0.3) is 10.8 Å². The summed E-state index contributed by atoms with van der Waals surface area (Å²) < 4.78 is 31.7. The Hall–Kier alpha value is -2.03. The Morgan fingerprint density at radius 3 is 2.03 bits per heavy atom. The van der Waals surface area contributed by atoms with E-state index < -0.39 is 5.97 Å². The van der Waals surface area contributed by atoms with E-state index in [1.807, 2.05) is 37.3 Å². The second-order valence-electron chi connectivity index (χ2n) is 6.34. The standard InChI is InChI=1S/C22H30O7/c1-18-15-19-5-3-4-6-20(19)21(16-18)29-22(23)17-28-14-13-27-12-11-26-10-9-25-8-7-24-2/h3-6,15-16H,7-14,17H2,1-2H3. The van der Waals surface area contributed by atoms with Gasteiger partial charge in [-0.2, -0.15) is 0 Å². The van der Waals surface area contributed by atoms with Crippen molar-refractivity contribution in [2.45, 2.75) is 6.92 Å². The fourth-order valence-electron chi connectivity index (χ4n) is 2.61. The number of hydrogen-bond donors (Lipinski definition) is 0. The van der Waals surface area contributed by atoms with Crippen LogP contribution in [0.15, 0.2) is 36.4 Å². The topological polar surface area (TPSA) is 72.5 Å². The maximum atomic E-state index is 12.0. The zero-order valence-electron chi connectivity index (χ0n) is 17.2. The van der Waals surface area contributed by atoms with Gasteiger partial charge in [-0.25, -0.2) is 4.79 Å². The molecule has 0 atom stereocenters. The molecule has 7 nitrogen and oxygen atoms in total. The van der Waals surface area contributed by atoms with Crippen molar-refractivity contribution in [3.8, 4) is 5.75 Å². The molecule has 0 aliphatic heterocycles. The maximum absolute atomic E-state index is 12.0. The molecular formula is C22H30O7. The van der Waals surface area contributed by atoms with Gasteiger partial charge in [0.2, 0.25) is 0 Å². The van der Waals surface area contributed by atoms with Crippen LogP contribution in [-0.4, -0.2) is 72.5 Å². The minimum Gasteiger partial charge on any atom is -0.424 e. The zero-order chi connectivity index (χ0) is 20.7. The highest BCUT2D eigenvalue weighted by Crippen LogP contribution is 2.27. The van der Waals surface area contributed by atoms with E-state index in [1.165, 1.54) is 0 Å². The SMILES string of the molecule is COCCOCCOCCOCCOCC(=O)Oc1cc(C)cc2ccccc12. The lowest BCUT2D eigenvalue weighted by molar-refractivity contribution is -0.140. The summed E-state index contributed by atoms with van der Waals surface area (Å²) in [6, 6.07) is 11.7. The summed E-state index contributed by atoms with van der Waals surface area (Å²) in [5.41, 5.74) is 1.03. The van der Waals surface area contributed by atoms with Gasteiger partial charge in [0.05, 0.1) is 52.9 Å². The van der Waals surface area contributed by atoms with Crippen molar-refractivity contribution in [3.05, 3.63) is 42.0 Å². The number of methoxy groups -OCH3 is 1. The predicted molar refractivity (Wildman–Crippen MR) is 109 cm³/mol. The third-order valence-corrected chi connectivity index (χ3v) is 3.96. The van der Waals surface area contributed by atoms with E-state index in [-0.39, 0.29) is 6.61 Å². The van der Waals surface area contributed by atoms with Crippen molar-refractivity contribution < 1.29 is 33.2 Å². The van der Waals surface area contributed by atoms with Crippen LogP contribution in [0, 0.1) is 6.92 Å². The van der Waals surface area contributed by atoms with Crippen molar-refractivity contribution in [3.63, 3.8) is 0 Å². The van der Waals surface area contributed by atoms with E-state index in [9.17, 15) is 4.79 Å². The van der Waals surface area contributed by atoms with Gasteiger partial charge in [-0.15, -0.1) is 0 Å². The number of carbonyl (C=O) groups excluding carboxylic acids is 1. The second-order valence-corrected chi connectivity index (χ2v) is 6.34. The van der Waals surface area contributed by atoms with Crippen molar-refractivity contribution in [2.75, 3.05) is 66.6 Å². The van der Waals surface area contributed by atoms with Crippen molar-refractivity contribution in [2.24, 2.45) is 0 Å². The van der Waals surface area contributed by atoms with Gasteiger partial charge in [-0.05, 0) is 23.9 Å². The van der Waals surface area contributed by atoms with Crippen LogP contribution in [0.3, 0.4) is 0 Å². The number of fused-ring (bicyclic) bond motifs is 1. The molecule has 0 N–H and O–H groups in total. The first-order chi connectivity index (χ1) is 14.2. The lowest BCUT2D eigenvalue weighted by Gasteiger charge is -2.10. The maximum Gasteiger partial charge on any atom is 0.337 e. The van der Waals surface area contributed by atoms with Gasteiger partial charge in [0.1, 0.15) is 12.4 Å². The fraction of sp³-hybridized carbons (Fsp3) is 0.500. The lowest BCUT2D eigenvalue weighted by Crippen LogP contribution is -2.18. The van der Waals surface area contributed by atoms with E-state index in [4.69, 9.17) is 28.4 Å². The van der Waals surface area contributed by atoms with Crippen LogP contribution < -0.4 is 4.74 Å². The molecule has 0 fully saturated rings. The highest BCUT2D eigenvalue weighted by Gasteiger charge is 2.09. The summed E-state index contributed by atoms with van der Waals surface area (Å²) in [4.78, 5) is 12.0. The average molecular weight is 406 g/mol. The Kier molecular flexibility index (Phi) is 11.3. The van der Waals surface area contributed by atoms with E-state index >= 15 is 0 Å². The molecule has 29 heavy (non-hydrogen) atoms. The molecule has 0 saturated heterocycles. The number of esters is 1. The molecule has 2 rings (SSSR count). The highest BCUT2D eigenvalue weighted by atomic mass is 16.6. The summed E-state index contributed by atoms with van der Waals surface area (Å²) in [5.74, 6) is 0.117. The number of ether oxygens (including phenoxy) is 6. The van der Waals surface area contributed by atoms with Gasteiger partial charge in [0, 0.05) is 12.5 Å². The van der Waals surface area contributed by atoms with Crippen LogP contribution in [0.4, 0.5) is 0 Å². The summed E-state index contributed by atoms with van der Waals surface area (Å²) in [6.07, 6.45) is 0. The molecule has 0 bridgehead atoms. The minimum atomic E-state index is -0.433. The summed E-state index contributed by atoms with van der Waals surface area (Å²) >= 11 is 0. The van der Waals surface area contributed by atoms with Crippen molar-refractivity contribution >= 4 is 16.7 Å². The quantitative estimate of drug-likeness (QED) is 0.256. The Bertz CT molecular complexity index is 732. The molecule has 0 aromatic heterocycles. The van der Waals surface area contributed by atoms with Crippen LogP contribution in [0.1, 0.15) is 5.56 Å². The molecule has 0 spiro atoms. The molecule has 0 aliphatic rings. The van der Waals surface area contributed by atoms with Crippen LogP contribution in [0.5, 0.6) is 5.75 Å². The smallest absolute Gasteiger partial charge is 0.337 e. The molecule has 0 aliphatic carbocycles. The summed E-state index contributed by atoms with van der Waals surface area (Å²) in [7, 11) is 1.63. The van der Waals surface area contributed by atoms with Gasteiger partial charge in [0.25, 0.3) is 0 Å². The van der Waals surface area contributed by atoms with Gasteiger partial charge >= 0.3 is 5.97 Å². The zero-order valence-corrected chi connectivity index (χ0v) is 17.2. The van der Waals surface area contributed by atoms with Gasteiger partial charge in [-0.1, -0.05) is 30.3 Å². The van der Waals surface area contributed by atoms with Gasteiger partial charge in [-0.3, -0.25) is 0 Å².